The molecular weight excluding hydrogens is 232 g/mol. The normalized spacial score (nSPS) is 11.8. The topological polar surface area (TPSA) is 60.2 Å². The number of azo groups is 1. The molecular formula is C13H18N2O3. The van der Waals surface area contributed by atoms with E-state index in [2.05, 4.69) is 10.2 Å². The number of para-hydroxylation sites is 1. The summed E-state index contributed by atoms with van der Waals surface area (Å²) in [5.41, 5.74) is -1.03. The Morgan fingerprint density at radius 3 is 2.39 bits per heavy atom. The third-order valence-electron chi connectivity index (χ3n) is 1.81. The van der Waals surface area contributed by atoms with Crippen molar-refractivity contribution in [3.63, 3.8) is 0 Å². The van der Waals surface area contributed by atoms with Crippen LogP contribution in [0.25, 0.3) is 0 Å². The molecule has 0 bridgehead atoms. The predicted octanol–water partition coefficient (Wildman–Crippen LogP) is 3.80. The van der Waals surface area contributed by atoms with Gasteiger partial charge in [-0.25, -0.2) is 4.79 Å². The fraction of sp³-hybridized carbons (Fsp3) is 0.462. The molecule has 1 aromatic rings. The van der Waals surface area contributed by atoms with Crippen LogP contribution in [-0.4, -0.2) is 17.9 Å². The van der Waals surface area contributed by atoms with E-state index in [1.807, 2.05) is 19.9 Å². The van der Waals surface area contributed by atoms with E-state index in [9.17, 15) is 4.79 Å². The fourth-order valence-electron chi connectivity index (χ4n) is 1.08. The lowest BCUT2D eigenvalue weighted by atomic mass is 10.3. The summed E-state index contributed by atoms with van der Waals surface area (Å²) in [5, 5.41) is 7.89. The summed E-state index contributed by atoms with van der Waals surface area (Å²) >= 11 is 0. The van der Waals surface area contributed by atoms with Crippen LogP contribution < -0.4 is 4.74 Å². The van der Waals surface area contributed by atoms with Crippen molar-refractivity contribution in [2.45, 2.75) is 39.5 Å². The number of hydrogen-bond acceptors (Lipinski definition) is 5. The molecule has 0 unspecified atom stereocenters. The van der Waals surface area contributed by atoms with E-state index in [1.54, 1.807) is 38.1 Å². The Hall–Kier alpha value is -1.91. The van der Waals surface area contributed by atoms with Crippen LogP contribution in [0.4, 0.5) is 4.79 Å². The summed E-state index contributed by atoms with van der Waals surface area (Å²) in [6.07, 6.45) is -0.797. The minimum absolute atomic E-state index is 0.0537. The van der Waals surface area contributed by atoms with E-state index in [4.69, 9.17) is 9.47 Å². The van der Waals surface area contributed by atoms with Crippen molar-refractivity contribution in [2.24, 2.45) is 10.2 Å². The molecule has 0 saturated carbocycles. The maximum atomic E-state index is 11.5. The molecule has 0 aliphatic rings. The second-order valence-corrected chi connectivity index (χ2v) is 4.52. The Balaban J connectivity index is 2.54. The highest BCUT2D eigenvalue weighted by atomic mass is 16.7. The molecule has 0 aliphatic carbocycles. The van der Waals surface area contributed by atoms with Gasteiger partial charge in [0.2, 0.25) is 5.72 Å². The number of nitrogens with zero attached hydrogens (tertiary/aromatic N) is 2. The number of rotatable bonds is 4. The maximum Gasteiger partial charge on any atom is 0.516 e. The first-order chi connectivity index (χ1) is 8.39. The number of hydrogen-bond donors (Lipinski definition) is 0. The summed E-state index contributed by atoms with van der Waals surface area (Å²) in [6.45, 7) is 7.07. The van der Waals surface area contributed by atoms with Gasteiger partial charge in [0.1, 0.15) is 5.75 Å². The van der Waals surface area contributed by atoms with E-state index in [1.165, 1.54) is 0 Å². The van der Waals surface area contributed by atoms with Crippen molar-refractivity contribution in [1.82, 2.24) is 0 Å². The van der Waals surface area contributed by atoms with Crippen LogP contribution in [0.15, 0.2) is 40.6 Å². The monoisotopic (exact) mass is 250 g/mol. The molecule has 5 heteroatoms. The van der Waals surface area contributed by atoms with E-state index in [0.29, 0.717) is 5.75 Å². The lowest BCUT2D eigenvalue weighted by molar-refractivity contribution is 0.00958. The summed E-state index contributed by atoms with van der Waals surface area (Å²) in [6, 6.07) is 8.77. The highest BCUT2D eigenvalue weighted by Gasteiger charge is 2.23. The zero-order chi connectivity index (χ0) is 13.6. The van der Waals surface area contributed by atoms with Gasteiger partial charge in [0.05, 0.1) is 6.04 Å². The van der Waals surface area contributed by atoms with Crippen LogP contribution in [0.2, 0.25) is 0 Å². The predicted molar refractivity (Wildman–Crippen MR) is 67.6 cm³/mol. The average molecular weight is 250 g/mol. The van der Waals surface area contributed by atoms with Gasteiger partial charge in [-0.05, 0) is 39.8 Å². The lowest BCUT2D eigenvalue weighted by Crippen LogP contribution is -2.27. The molecule has 0 spiro atoms. The zero-order valence-corrected chi connectivity index (χ0v) is 11.1. The molecule has 0 atom stereocenters. The van der Waals surface area contributed by atoms with Gasteiger partial charge in [0.15, 0.2) is 0 Å². The van der Waals surface area contributed by atoms with Crippen LogP contribution in [-0.2, 0) is 4.74 Å². The molecule has 0 saturated heterocycles. The molecule has 0 heterocycles. The summed E-state index contributed by atoms with van der Waals surface area (Å²) in [7, 11) is 0. The first kappa shape index (κ1) is 14.2. The van der Waals surface area contributed by atoms with Gasteiger partial charge in [0.25, 0.3) is 0 Å². The van der Waals surface area contributed by atoms with E-state index in [0.717, 1.165) is 0 Å². The van der Waals surface area contributed by atoms with Gasteiger partial charge >= 0.3 is 6.16 Å². The van der Waals surface area contributed by atoms with E-state index in [-0.39, 0.29) is 6.04 Å². The third kappa shape index (κ3) is 5.43. The molecule has 5 nitrogen and oxygen atoms in total. The Kier molecular flexibility index (Phi) is 4.83. The number of ether oxygens (including phenoxy) is 2. The Labute approximate surface area is 107 Å². The van der Waals surface area contributed by atoms with Crippen LogP contribution in [0, 0.1) is 0 Å². The van der Waals surface area contributed by atoms with Gasteiger partial charge in [-0.2, -0.15) is 5.11 Å². The molecule has 0 amide bonds. The van der Waals surface area contributed by atoms with E-state index < -0.39 is 11.9 Å². The van der Waals surface area contributed by atoms with Gasteiger partial charge in [-0.3, -0.25) is 0 Å². The van der Waals surface area contributed by atoms with Crippen molar-refractivity contribution in [3.8, 4) is 5.75 Å². The first-order valence-corrected chi connectivity index (χ1v) is 5.77. The van der Waals surface area contributed by atoms with Gasteiger partial charge in [-0.1, -0.05) is 18.2 Å². The fourth-order valence-corrected chi connectivity index (χ4v) is 1.08. The van der Waals surface area contributed by atoms with Crippen LogP contribution in [0.1, 0.15) is 27.7 Å². The average Bonchev–Trinajstić information content (AvgIpc) is 2.27. The molecule has 0 aromatic heterocycles. The quantitative estimate of drug-likeness (QED) is 0.464. The molecule has 0 aliphatic heterocycles. The Morgan fingerprint density at radius 2 is 1.83 bits per heavy atom. The molecule has 1 rings (SSSR count). The summed E-state index contributed by atoms with van der Waals surface area (Å²) in [5.74, 6) is 0.430. The Bertz CT molecular complexity index is 414. The highest BCUT2D eigenvalue weighted by molar-refractivity contribution is 5.64. The largest absolute Gasteiger partial charge is 0.516 e. The van der Waals surface area contributed by atoms with Crippen LogP contribution in [0.3, 0.4) is 0 Å². The van der Waals surface area contributed by atoms with Crippen molar-refractivity contribution in [3.05, 3.63) is 30.3 Å². The standard InChI is InChI=1S/C13H18N2O3/c1-10(2)14-15-13(3,4)18-12(16)17-11-8-6-5-7-9-11/h5-10H,1-4H3/b15-14+. The van der Waals surface area contributed by atoms with Gasteiger partial charge in [0, 0.05) is 0 Å². The minimum atomic E-state index is -1.03. The molecule has 0 N–H and O–H groups in total. The third-order valence-corrected chi connectivity index (χ3v) is 1.81. The highest BCUT2D eigenvalue weighted by Crippen LogP contribution is 2.16. The van der Waals surface area contributed by atoms with E-state index >= 15 is 0 Å². The minimum Gasteiger partial charge on any atom is -0.404 e. The van der Waals surface area contributed by atoms with Gasteiger partial charge < -0.3 is 9.47 Å². The van der Waals surface area contributed by atoms with Crippen molar-refractivity contribution in [2.75, 3.05) is 0 Å². The second-order valence-electron chi connectivity index (χ2n) is 4.52. The Morgan fingerprint density at radius 1 is 1.22 bits per heavy atom. The molecule has 1 aromatic carbocycles. The van der Waals surface area contributed by atoms with Crippen LogP contribution >= 0.6 is 0 Å². The summed E-state index contributed by atoms with van der Waals surface area (Å²) < 4.78 is 10.1. The maximum absolute atomic E-state index is 11.5. The lowest BCUT2D eigenvalue weighted by Gasteiger charge is -2.18. The molecule has 98 valence electrons. The number of carbonyl (C=O) groups is 1. The number of carbonyl (C=O) groups excluding carboxylic acids is 1. The van der Waals surface area contributed by atoms with Crippen molar-refractivity contribution >= 4 is 6.16 Å². The molecule has 18 heavy (non-hydrogen) atoms. The SMILES string of the molecule is CC(C)/N=N/C(C)(C)OC(=O)Oc1ccccc1. The van der Waals surface area contributed by atoms with Crippen molar-refractivity contribution < 1.29 is 14.3 Å². The molecule has 0 fully saturated rings. The molecule has 0 radical (unpaired) electrons. The second kappa shape index (κ2) is 6.14. The number of benzene rings is 1. The summed E-state index contributed by atoms with van der Waals surface area (Å²) in [4.78, 5) is 11.5. The zero-order valence-electron chi connectivity index (χ0n) is 11.1. The van der Waals surface area contributed by atoms with Crippen LogP contribution in [0.5, 0.6) is 5.75 Å². The smallest absolute Gasteiger partial charge is 0.404 e. The van der Waals surface area contributed by atoms with Gasteiger partial charge in [-0.15, -0.1) is 5.11 Å². The van der Waals surface area contributed by atoms with Crippen molar-refractivity contribution in [1.29, 1.82) is 0 Å². The first-order valence-electron chi connectivity index (χ1n) is 5.77.